The van der Waals surface area contributed by atoms with Gasteiger partial charge in [0.25, 0.3) is 0 Å². The number of hydrogen-bond acceptors (Lipinski definition) is 0. The topological polar surface area (TPSA) is 0 Å². The summed E-state index contributed by atoms with van der Waals surface area (Å²) in [4.78, 5) is 0. The van der Waals surface area contributed by atoms with Gasteiger partial charge < -0.3 is 0 Å². The fraction of sp³-hybridized carbons (Fsp3) is 0.333. The van der Waals surface area contributed by atoms with Crippen molar-refractivity contribution >= 4 is 15.8 Å². The van der Waals surface area contributed by atoms with Crippen molar-refractivity contribution < 1.29 is 0 Å². The molecule has 0 fully saturated rings. The van der Waals surface area contributed by atoms with Gasteiger partial charge in [-0.3, -0.25) is 0 Å². The molecule has 13 heavy (non-hydrogen) atoms. The molecule has 0 spiro atoms. The van der Waals surface area contributed by atoms with Crippen LogP contribution in [0.3, 0.4) is 0 Å². The maximum atomic E-state index is 3.94. The molecule has 0 N–H and O–H groups in total. The van der Waals surface area contributed by atoms with E-state index >= 15 is 0 Å². The van der Waals surface area contributed by atoms with Gasteiger partial charge in [-0.1, -0.05) is 49.4 Å². The highest BCUT2D eigenvalue weighted by atomic mass is 28.1. The summed E-state index contributed by atoms with van der Waals surface area (Å²) in [7, 11) is 3.54. The van der Waals surface area contributed by atoms with Crippen molar-refractivity contribution in [2.45, 2.75) is 25.8 Å². The van der Waals surface area contributed by atoms with Crippen molar-refractivity contribution in [2.24, 2.45) is 0 Å². The molecule has 1 aromatic rings. The van der Waals surface area contributed by atoms with Crippen molar-refractivity contribution in [2.75, 3.05) is 0 Å². The zero-order chi connectivity index (χ0) is 9.84. The molecule has 0 heterocycles. The number of benzene rings is 1. The van der Waals surface area contributed by atoms with Crippen LogP contribution in [0.15, 0.2) is 30.8 Å². The molecule has 1 heteroatoms. The van der Waals surface area contributed by atoms with Gasteiger partial charge in [-0.2, -0.15) is 0 Å². The second-order valence-corrected chi connectivity index (χ2v) is 3.92. The smallest absolute Gasteiger partial charge is 0.0228 e. The standard InChI is InChI=1S/C12H15Si/c1-9(2)11-5-4-6-12(7-11)10(3)8-13/h4-7,10H,1,8H2,2-3H3. The predicted octanol–water partition coefficient (Wildman–Crippen LogP) is 3.41. The van der Waals surface area contributed by atoms with E-state index in [4.69, 9.17) is 0 Å². The van der Waals surface area contributed by atoms with E-state index in [1.165, 1.54) is 11.1 Å². The maximum absolute atomic E-state index is 3.94. The summed E-state index contributed by atoms with van der Waals surface area (Å²) in [5.74, 6) is 0.566. The van der Waals surface area contributed by atoms with Gasteiger partial charge in [0.1, 0.15) is 0 Å². The van der Waals surface area contributed by atoms with Crippen LogP contribution in [-0.4, -0.2) is 10.2 Å². The first-order valence-electron chi connectivity index (χ1n) is 4.55. The van der Waals surface area contributed by atoms with Crippen molar-refractivity contribution in [3.8, 4) is 0 Å². The molecule has 67 valence electrons. The van der Waals surface area contributed by atoms with E-state index < -0.39 is 0 Å². The summed E-state index contributed by atoms with van der Waals surface area (Å²) in [6.07, 6.45) is 0. The summed E-state index contributed by atoms with van der Waals surface area (Å²) in [5.41, 5.74) is 3.74. The second kappa shape index (κ2) is 4.42. The first-order valence-corrected chi connectivity index (χ1v) is 5.26. The molecule has 3 radical (unpaired) electrons. The van der Waals surface area contributed by atoms with E-state index in [1.807, 2.05) is 6.92 Å². The van der Waals surface area contributed by atoms with Gasteiger partial charge in [-0.25, -0.2) is 0 Å². The minimum absolute atomic E-state index is 0.566. The van der Waals surface area contributed by atoms with Crippen molar-refractivity contribution in [1.29, 1.82) is 0 Å². The molecular weight excluding hydrogens is 172 g/mol. The van der Waals surface area contributed by atoms with Crippen molar-refractivity contribution in [3.05, 3.63) is 42.0 Å². The lowest BCUT2D eigenvalue weighted by molar-refractivity contribution is 0.863. The normalized spacial score (nSPS) is 12.5. The Morgan fingerprint density at radius 2 is 2.23 bits per heavy atom. The van der Waals surface area contributed by atoms with Gasteiger partial charge in [0.2, 0.25) is 0 Å². The molecule has 1 aromatic carbocycles. The minimum atomic E-state index is 0.566. The molecule has 0 bridgehead atoms. The Bertz CT molecular complexity index is 302. The maximum Gasteiger partial charge on any atom is 0.0228 e. The van der Waals surface area contributed by atoms with Crippen LogP contribution in [0.5, 0.6) is 0 Å². The zero-order valence-corrected chi connectivity index (χ0v) is 9.30. The van der Waals surface area contributed by atoms with Gasteiger partial charge in [0, 0.05) is 10.2 Å². The Morgan fingerprint density at radius 3 is 2.77 bits per heavy atom. The van der Waals surface area contributed by atoms with Crippen LogP contribution in [0, 0.1) is 0 Å². The van der Waals surface area contributed by atoms with Crippen molar-refractivity contribution in [3.63, 3.8) is 0 Å². The largest absolute Gasteiger partial charge is 0.0955 e. The summed E-state index contributed by atoms with van der Waals surface area (Å²) in [6, 6.07) is 9.58. The van der Waals surface area contributed by atoms with E-state index in [0.29, 0.717) is 5.92 Å². The molecule has 0 aromatic heterocycles. The highest BCUT2D eigenvalue weighted by Gasteiger charge is 2.03. The summed E-state index contributed by atoms with van der Waals surface area (Å²) >= 11 is 0. The quantitative estimate of drug-likeness (QED) is 0.636. The lowest BCUT2D eigenvalue weighted by Crippen LogP contribution is -1.92. The predicted molar refractivity (Wildman–Crippen MR) is 60.1 cm³/mol. The molecule has 0 aliphatic heterocycles. The van der Waals surface area contributed by atoms with Gasteiger partial charge in [0.15, 0.2) is 0 Å². The molecule has 1 atom stereocenters. The Morgan fingerprint density at radius 1 is 1.54 bits per heavy atom. The summed E-state index contributed by atoms with van der Waals surface area (Å²) < 4.78 is 0. The van der Waals surface area contributed by atoms with Crippen LogP contribution in [0.25, 0.3) is 5.57 Å². The van der Waals surface area contributed by atoms with Crippen molar-refractivity contribution in [1.82, 2.24) is 0 Å². The van der Waals surface area contributed by atoms with Gasteiger partial charge in [0.05, 0.1) is 0 Å². The zero-order valence-electron chi connectivity index (χ0n) is 8.30. The molecule has 0 amide bonds. The highest BCUT2D eigenvalue weighted by molar-refractivity contribution is 6.09. The fourth-order valence-corrected chi connectivity index (χ4v) is 1.46. The van der Waals surface area contributed by atoms with E-state index in [0.717, 1.165) is 11.6 Å². The van der Waals surface area contributed by atoms with E-state index in [9.17, 15) is 0 Å². The van der Waals surface area contributed by atoms with Crippen LogP contribution in [-0.2, 0) is 0 Å². The Labute approximate surface area is 84.1 Å². The third-order valence-electron chi connectivity index (χ3n) is 2.25. The molecule has 0 saturated carbocycles. The lowest BCUT2D eigenvalue weighted by Gasteiger charge is -2.10. The van der Waals surface area contributed by atoms with Crippen LogP contribution >= 0.6 is 0 Å². The summed E-state index contributed by atoms with van der Waals surface area (Å²) in [6.45, 7) is 8.19. The average molecular weight is 187 g/mol. The highest BCUT2D eigenvalue weighted by Crippen LogP contribution is 2.21. The van der Waals surface area contributed by atoms with Crippen LogP contribution in [0.2, 0.25) is 6.04 Å². The molecular formula is C12H15Si. The van der Waals surface area contributed by atoms with Crippen LogP contribution < -0.4 is 0 Å². The number of rotatable bonds is 3. The second-order valence-electron chi connectivity index (χ2n) is 3.51. The van der Waals surface area contributed by atoms with Gasteiger partial charge in [-0.15, -0.1) is 0 Å². The molecule has 0 saturated heterocycles. The molecule has 0 aliphatic carbocycles. The summed E-state index contributed by atoms with van der Waals surface area (Å²) in [5, 5.41) is 0. The Kier molecular flexibility index (Phi) is 3.49. The Balaban J connectivity index is 2.98. The SMILES string of the molecule is C=C(C)c1cccc(C(C)C[Si])c1. The van der Waals surface area contributed by atoms with Gasteiger partial charge >= 0.3 is 0 Å². The van der Waals surface area contributed by atoms with Crippen LogP contribution in [0.4, 0.5) is 0 Å². The van der Waals surface area contributed by atoms with E-state index in [2.05, 4.69) is 48.0 Å². The lowest BCUT2D eigenvalue weighted by atomic mass is 9.98. The number of allylic oxidation sites excluding steroid dienone is 1. The molecule has 0 aliphatic rings. The Hall–Kier alpha value is -0.823. The first-order chi connectivity index (χ1) is 6.15. The van der Waals surface area contributed by atoms with E-state index in [1.54, 1.807) is 0 Å². The third-order valence-corrected chi connectivity index (χ3v) is 2.87. The molecule has 1 rings (SSSR count). The average Bonchev–Trinajstić information content (AvgIpc) is 2.17. The first kappa shape index (κ1) is 10.3. The number of hydrogen-bond donors (Lipinski definition) is 0. The molecule has 1 unspecified atom stereocenters. The molecule has 0 nitrogen and oxygen atoms in total. The van der Waals surface area contributed by atoms with Gasteiger partial charge in [-0.05, 0) is 24.0 Å². The van der Waals surface area contributed by atoms with Crippen LogP contribution in [0.1, 0.15) is 30.9 Å². The monoisotopic (exact) mass is 187 g/mol. The third kappa shape index (κ3) is 2.56. The van der Waals surface area contributed by atoms with E-state index in [-0.39, 0.29) is 0 Å². The fourth-order valence-electron chi connectivity index (χ4n) is 1.23. The minimum Gasteiger partial charge on any atom is -0.0955 e.